The third-order valence-corrected chi connectivity index (χ3v) is 3.61. The van der Waals surface area contributed by atoms with Gasteiger partial charge in [-0.2, -0.15) is 0 Å². The molecule has 98 valence electrons. The Bertz CT molecular complexity index is 403. The van der Waals surface area contributed by atoms with Crippen LogP contribution in [0.4, 0.5) is 0 Å². The smallest absolute Gasteiger partial charge is 0.251 e. The van der Waals surface area contributed by atoms with Crippen LogP contribution in [0.15, 0.2) is 28.7 Å². The van der Waals surface area contributed by atoms with Crippen LogP contribution in [0, 0.1) is 0 Å². The van der Waals surface area contributed by atoms with Crippen molar-refractivity contribution in [2.75, 3.05) is 13.2 Å². The van der Waals surface area contributed by atoms with Crippen molar-refractivity contribution in [1.29, 1.82) is 0 Å². The Kier molecular flexibility index (Phi) is 5.20. The van der Waals surface area contributed by atoms with Gasteiger partial charge in [0, 0.05) is 23.2 Å². The summed E-state index contributed by atoms with van der Waals surface area (Å²) in [7, 11) is 0. The van der Waals surface area contributed by atoms with Gasteiger partial charge in [-0.05, 0) is 43.9 Å². The minimum Gasteiger partial charge on any atom is -0.378 e. The molecule has 3 nitrogen and oxygen atoms in total. The molecule has 1 saturated heterocycles. The van der Waals surface area contributed by atoms with Crippen LogP contribution in [0.5, 0.6) is 0 Å². The fourth-order valence-electron chi connectivity index (χ4n) is 2.11. The van der Waals surface area contributed by atoms with E-state index in [-0.39, 0.29) is 5.91 Å². The zero-order chi connectivity index (χ0) is 12.8. The van der Waals surface area contributed by atoms with E-state index in [1.807, 2.05) is 24.3 Å². The van der Waals surface area contributed by atoms with E-state index in [0.717, 1.165) is 23.9 Å². The highest BCUT2D eigenvalue weighted by Crippen LogP contribution is 2.15. The average Bonchev–Trinajstić information content (AvgIpc) is 2.40. The van der Waals surface area contributed by atoms with E-state index in [1.165, 1.54) is 12.8 Å². The molecule has 2 rings (SSSR count). The standard InChI is InChI=1S/C14H18BrNO2/c15-12-5-3-4-11(10-12)14(17)16-8-7-13-6-1-2-9-18-13/h3-5,10,13H,1-2,6-9H2,(H,16,17). The molecule has 0 aliphatic carbocycles. The summed E-state index contributed by atoms with van der Waals surface area (Å²) in [6, 6.07) is 7.42. The lowest BCUT2D eigenvalue weighted by atomic mass is 10.1. The van der Waals surface area contributed by atoms with Gasteiger partial charge in [0.2, 0.25) is 0 Å². The quantitative estimate of drug-likeness (QED) is 0.927. The third-order valence-electron chi connectivity index (χ3n) is 3.11. The van der Waals surface area contributed by atoms with Gasteiger partial charge in [-0.25, -0.2) is 0 Å². The predicted molar refractivity (Wildman–Crippen MR) is 74.7 cm³/mol. The molecule has 1 aliphatic rings. The first-order valence-electron chi connectivity index (χ1n) is 6.41. The number of hydrogen-bond acceptors (Lipinski definition) is 2. The van der Waals surface area contributed by atoms with Crippen molar-refractivity contribution in [1.82, 2.24) is 5.32 Å². The molecule has 0 aromatic heterocycles. The van der Waals surface area contributed by atoms with E-state index in [4.69, 9.17) is 4.74 Å². The van der Waals surface area contributed by atoms with Crippen molar-refractivity contribution in [3.05, 3.63) is 34.3 Å². The fourth-order valence-corrected chi connectivity index (χ4v) is 2.51. The van der Waals surface area contributed by atoms with E-state index in [0.29, 0.717) is 18.2 Å². The second kappa shape index (κ2) is 6.90. The van der Waals surface area contributed by atoms with Crippen LogP contribution in [0.1, 0.15) is 36.0 Å². The number of rotatable bonds is 4. The average molecular weight is 312 g/mol. The lowest BCUT2D eigenvalue weighted by Crippen LogP contribution is -2.29. The van der Waals surface area contributed by atoms with Crippen molar-refractivity contribution in [2.24, 2.45) is 0 Å². The Hall–Kier alpha value is -0.870. The van der Waals surface area contributed by atoms with E-state index in [9.17, 15) is 4.79 Å². The highest BCUT2D eigenvalue weighted by Gasteiger charge is 2.14. The van der Waals surface area contributed by atoms with Crippen LogP contribution >= 0.6 is 15.9 Å². The van der Waals surface area contributed by atoms with Crippen molar-refractivity contribution in [3.63, 3.8) is 0 Å². The van der Waals surface area contributed by atoms with Gasteiger partial charge in [0.1, 0.15) is 0 Å². The molecule has 0 radical (unpaired) electrons. The molecule has 0 bridgehead atoms. The molecule has 1 aliphatic heterocycles. The summed E-state index contributed by atoms with van der Waals surface area (Å²) >= 11 is 3.36. The monoisotopic (exact) mass is 311 g/mol. The molecule has 1 N–H and O–H groups in total. The number of hydrogen-bond donors (Lipinski definition) is 1. The first kappa shape index (κ1) is 13.6. The van der Waals surface area contributed by atoms with Gasteiger partial charge in [0.25, 0.3) is 5.91 Å². The number of benzene rings is 1. The summed E-state index contributed by atoms with van der Waals surface area (Å²) in [6.45, 7) is 1.54. The number of carbonyl (C=O) groups is 1. The second-order valence-corrected chi connectivity index (χ2v) is 5.46. The fraction of sp³-hybridized carbons (Fsp3) is 0.500. The largest absolute Gasteiger partial charge is 0.378 e. The molecule has 1 atom stereocenters. The zero-order valence-corrected chi connectivity index (χ0v) is 11.9. The summed E-state index contributed by atoms with van der Waals surface area (Å²) in [5, 5.41) is 2.93. The van der Waals surface area contributed by atoms with E-state index < -0.39 is 0 Å². The molecular formula is C14H18BrNO2. The highest BCUT2D eigenvalue weighted by molar-refractivity contribution is 9.10. The van der Waals surface area contributed by atoms with E-state index >= 15 is 0 Å². The van der Waals surface area contributed by atoms with Crippen molar-refractivity contribution in [3.8, 4) is 0 Å². The van der Waals surface area contributed by atoms with Crippen molar-refractivity contribution >= 4 is 21.8 Å². The van der Waals surface area contributed by atoms with Crippen LogP contribution in [0.25, 0.3) is 0 Å². The Morgan fingerprint density at radius 2 is 2.33 bits per heavy atom. The number of halogens is 1. The van der Waals surface area contributed by atoms with Crippen LogP contribution in [-0.2, 0) is 4.74 Å². The van der Waals surface area contributed by atoms with Gasteiger partial charge in [0.05, 0.1) is 6.10 Å². The molecule has 1 heterocycles. The van der Waals surface area contributed by atoms with Crippen molar-refractivity contribution < 1.29 is 9.53 Å². The topological polar surface area (TPSA) is 38.3 Å². The third kappa shape index (κ3) is 4.10. The molecule has 0 spiro atoms. The summed E-state index contributed by atoms with van der Waals surface area (Å²) < 4.78 is 6.55. The van der Waals surface area contributed by atoms with Crippen LogP contribution in [0.3, 0.4) is 0 Å². The number of ether oxygens (including phenoxy) is 1. The molecule has 1 aromatic carbocycles. The summed E-state index contributed by atoms with van der Waals surface area (Å²) in [5.74, 6) is -0.0212. The summed E-state index contributed by atoms with van der Waals surface area (Å²) in [5.41, 5.74) is 0.689. The molecule has 1 fully saturated rings. The van der Waals surface area contributed by atoms with Gasteiger partial charge < -0.3 is 10.1 Å². The van der Waals surface area contributed by atoms with Gasteiger partial charge in [-0.1, -0.05) is 22.0 Å². The number of nitrogens with one attached hydrogen (secondary N) is 1. The lowest BCUT2D eigenvalue weighted by Gasteiger charge is -2.22. The summed E-state index contributed by atoms with van der Waals surface area (Å²) in [6.07, 6.45) is 4.75. The lowest BCUT2D eigenvalue weighted by molar-refractivity contribution is 0.0117. The Morgan fingerprint density at radius 1 is 1.44 bits per heavy atom. The highest BCUT2D eigenvalue weighted by atomic mass is 79.9. The molecule has 1 unspecified atom stereocenters. The maximum absolute atomic E-state index is 11.9. The Labute approximate surface area is 116 Å². The van der Waals surface area contributed by atoms with Gasteiger partial charge in [-0.3, -0.25) is 4.79 Å². The van der Waals surface area contributed by atoms with E-state index in [2.05, 4.69) is 21.2 Å². The summed E-state index contributed by atoms with van der Waals surface area (Å²) in [4.78, 5) is 11.9. The first-order chi connectivity index (χ1) is 8.75. The Morgan fingerprint density at radius 3 is 3.06 bits per heavy atom. The van der Waals surface area contributed by atoms with Crippen LogP contribution in [0.2, 0.25) is 0 Å². The molecule has 18 heavy (non-hydrogen) atoms. The van der Waals surface area contributed by atoms with Crippen LogP contribution < -0.4 is 5.32 Å². The molecule has 4 heteroatoms. The molecule has 0 saturated carbocycles. The van der Waals surface area contributed by atoms with Gasteiger partial charge in [0.15, 0.2) is 0 Å². The molecule has 1 aromatic rings. The molecule has 1 amide bonds. The van der Waals surface area contributed by atoms with Gasteiger partial charge >= 0.3 is 0 Å². The van der Waals surface area contributed by atoms with E-state index in [1.54, 1.807) is 0 Å². The predicted octanol–water partition coefficient (Wildman–Crippen LogP) is 3.14. The zero-order valence-electron chi connectivity index (χ0n) is 10.3. The maximum Gasteiger partial charge on any atom is 0.251 e. The van der Waals surface area contributed by atoms with Crippen LogP contribution in [-0.4, -0.2) is 25.2 Å². The first-order valence-corrected chi connectivity index (χ1v) is 7.20. The minimum absolute atomic E-state index is 0.0212. The second-order valence-electron chi connectivity index (χ2n) is 4.54. The SMILES string of the molecule is O=C(NCCC1CCCCO1)c1cccc(Br)c1. The van der Waals surface area contributed by atoms with Crippen molar-refractivity contribution in [2.45, 2.75) is 31.8 Å². The van der Waals surface area contributed by atoms with Gasteiger partial charge in [-0.15, -0.1) is 0 Å². The minimum atomic E-state index is -0.0212. The number of amides is 1. The normalized spacial score (nSPS) is 19.5. The number of carbonyl (C=O) groups excluding carboxylic acids is 1. The molecular weight excluding hydrogens is 294 g/mol. The Balaban J connectivity index is 1.74. The maximum atomic E-state index is 11.9.